The Kier molecular flexibility index (Phi) is 3.25. The minimum absolute atomic E-state index is 0.209. The van der Waals surface area contributed by atoms with E-state index >= 15 is 0 Å². The third-order valence-corrected chi connectivity index (χ3v) is 3.91. The maximum absolute atomic E-state index is 12.5. The molecule has 1 aliphatic heterocycles. The van der Waals surface area contributed by atoms with Gasteiger partial charge >= 0.3 is 5.97 Å². The Hall–Kier alpha value is -1.36. The predicted molar refractivity (Wildman–Crippen MR) is 71.8 cm³/mol. The third kappa shape index (κ3) is 1.95. The molecule has 5 nitrogen and oxygen atoms in total. The van der Waals surface area contributed by atoms with Crippen molar-refractivity contribution in [3.8, 4) is 0 Å². The lowest BCUT2D eigenvalue weighted by molar-refractivity contribution is -0.192. The Morgan fingerprint density at radius 2 is 1.90 bits per heavy atom. The van der Waals surface area contributed by atoms with Crippen molar-refractivity contribution in [1.29, 1.82) is 0 Å². The van der Waals surface area contributed by atoms with Crippen molar-refractivity contribution >= 4 is 11.8 Å². The quantitative estimate of drug-likeness (QED) is 0.783. The topological polar surface area (TPSA) is 72.8 Å². The predicted octanol–water partition coefficient (Wildman–Crippen LogP) is 1.88. The van der Waals surface area contributed by atoms with E-state index in [0.29, 0.717) is 25.0 Å². The molecule has 2 aliphatic rings. The van der Waals surface area contributed by atoms with Crippen LogP contribution in [-0.4, -0.2) is 33.7 Å². The largest absolute Gasteiger partial charge is 0.476 e. The van der Waals surface area contributed by atoms with Crippen molar-refractivity contribution in [1.82, 2.24) is 0 Å². The molecule has 0 saturated heterocycles. The van der Waals surface area contributed by atoms with E-state index in [-0.39, 0.29) is 11.4 Å². The molecular formula is C15H22O5. The van der Waals surface area contributed by atoms with Crippen LogP contribution in [0.4, 0.5) is 0 Å². The van der Waals surface area contributed by atoms with Gasteiger partial charge in [-0.3, -0.25) is 4.79 Å². The molecule has 0 radical (unpaired) electrons. The fourth-order valence-electron chi connectivity index (χ4n) is 3.28. The van der Waals surface area contributed by atoms with Crippen molar-refractivity contribution in [3.05, 3.63) is 11.3 Å². The number of Topliss-reactive ketones (excluding diaryl/α,β-unsaturated/α-hetero) is 1. The molecule has 2 atom stereocenters. The van der Waals surface area contributed by atoms with Gasteiger partial charge < -0.3 is 14.6 Å². The van der Waals surface area contributed by atoms with Gasteiger partial charge in [0.05, 0.1) is 5.57 Å². The van der Waals surface area contributed by atoms with Gasteiger partial charge in [-0.15, -0.1) is 0 Å². The average molecular weight is 282 g/mol. The normalized spacial score (nSPS) is 32.9. The highest BCUT2D eigenvalue weighted by molar-refractivity contribution is 6.00. The van der Waals surface area contributed by atoms with Gasteiger partial charge in [-0.1, -0.05) is 0 Å². The van der Waals surface area contributed by atoms with E-state index in [2.05, 4.69) is 0 Å². The van der Waals surface area contributed by atoms with Crippen molar-refractivity contribution in [2.24, 2.45) is 0 Å². The summed E-state index contributed by atoms with van der Waals surface area (Å²) in [7, 11) is 0. The van der Waals surface area contributed by atoms with Gasteiger partial charge in [-0.25, -0.2) is 4.79 Å². The molecule has 1 heterocycles. The Morgan fingerprint density at radius 1 is 1.30 bits per heavy atom. The number of carbonyl (C=O) groups excluding carboxylic acids is 2. The van der Waals surface area contributed by atoms with E-state index in [9.17, 15) is 14.7 Å². The maximum atomic E-state index is 12.5. The Morgan fingerprint density at radius 3 is 2.40 bits per heavy atom. The smallest absolute Gasteiger partial charge is 0.354 e. The van der Waals surface area contributed by atoms with Crippen LogP contribution >= 0.6 is 0 Å². The van der Waals surface area contributed by atoms with E-state index in [4.69, 9.17) is 9.47 Å². The van der Waals surface area contributed by atoms with Gasteiger partial charge in [-0.2, -0.15) is 0 Å². The first kappa shape index (κ1) is 15.0. The van der Waals surface area contributed by atoms with Gasteiger partial charge in [0.15, 0.2) is 5.78 Å². The van der Waals surface area contributed by atoms with Crippen molar-refractivity contribution in [3.63, 3.8) is 0 Å². The first-order valence-electron chi connectivity index (χ1n) is 6.91. The highest BCUT2D eigenvalue weighted by Gasteiger charge is 2.69. The Balaban J connectivity index is 2.43. The minimum Gasteiger partial charge on any atom is -0.476 e. The number of hydrogen-bond donors (Lipinski definition) is 1. The number of carbonyl (C=O) groups is 2. The van der Waals surface area contributed by atoms with Crippen molar-refractivity contribution in [2.45, 2.75) is 70.7 Å². The second-order valence-corrected chi connectivity index (χ2v) is 6.63. The molecular weight excluding hydrogens is 260 g/mol. The van der Waals surface area contributed by atoms with Crippen LogP contribution in [0.3, 0.4) is 0 Å². The number of esters is 1. The first-order valence-corrected chi connectivity index (χ1v) is 6.91. The second kappa shape index (κ2) is 4.32. The summed E-state index contributed by atoms with van der Waals surface area (Å²) in [6.45, 7) is 8.27. The van der Waals surface area contributed by atoms with Gasteiger partial charge in [-0.05, 0) is 47.5 Å². The van der Waals surface area contributed by atoms with E-state index in [0.717, 1.165) is 0 Å². The summed E-state index contributed by atoms with van der Waals surface area (Å²) in [5.74, 6) is -0.538. The fourth-order valence-corrected chi connectivity index (χ4v) is 3.28. The number of hydrogen-bond acceptors (Lipinski definition) is 5. The monoisotopic (exact) mass is 282 g/mol. The Labute approximate surface area is 118 Å². The standard InChI is InChI=1S/C15H22O5/c1-9(16)11-10(2)19-15(8-6-7-14(11,15)18)12(17)20-13(3,4)5/h18H,6-8H2,1-5H3. The Bertz CT molecular complexity index is 499. The zero-order valence-electron chi connectivity index (χ0n) is 12.7. The molecule has 0 spiro atoms. The summed E-state index contributed by atoms with van der Waals surface area (Å²) < 4.78 is 11.1. The first-order chi connectivity index (χ1) is 9.03. The molecule has 20 heavy (non-hydrogen) atoms. The zero-order chi connectivity index (χ0) is 15.3. The molecule has 0 amide bonds. The van der Waals surface area contributed by atoms with E-state index in [1.807, 2.05) is 0 Å². The lowest BCUT2D eigenvalue weighted by atomic mass is 9.80. The summed E-state index contributed by atoms with van der Waals surface area (Å²) in [6, 6.07) is 0. The van der Waals surface area contributed by atoms with E-state index in [1.54, 1.807) is 27.7 Å². The van der Waals surface area contributed by atoms with Gasteiger partial charge in [0.1, 0.15) is 17.0 Å². The SMILES string of the molecule is CC(=O)C1=C(C)OC2(C(=O)OC(C)(C)C)CCCC12O. The molecule has 1 aliphatic carbocycles. The van der Waals surface area contributed by atoms with Crippen molar-refractivity contribution < 1.29 is 24.2 Å². The second-order valence-electron chi connectivity index (χ2n) is 6.63. The average Bonchev–Trinajstić information content (AvgIpc) is 2.63. The van der Waals surface area contributed by atoms with Gasteiger partial charge in [0, 0.05) is 6.42 Å². The molecule has 0 aromatic carbocycles. The van der Waals surface area contributed by atoms with Crippen LogP contribution in [0.2, 0.25) is 0 Å². The van der Waals surface area contributed by atoms with E-state index in [1.165, 1.54) is 6.92 Å². The summed E-state index contributed by atoms with van der Waals surface area (Å²) in [5, 5.41) is 10.9. The van der Waals surface area contributed by atoms with Crippen LogP contribution in [0, 0.1) is 0 Å². The number of rotatable bonds is 2. The molecule has 1 N–H and O–H groups in total. The third-order valence-electron chi connectivity index (χ3n) is 3.91. The van der Waals surface area contributed by atoms with Crippen LogP contribution in [0.15, 0.2) is 11.3 Å². The summed E-state index contributed by atoms with van der Waals surface area (Å²) in [6.07, 6.45) is 1.30. The zero-order valence-corrected chi connectivity index (χ0v) is 12.7. The number of fused-ring (bicyclic) bond motifs is 1. The highest BCUT2D eigenvalue weighted by Crippen LogP contribution is 2.54. The van der Waals surface area contributed by atoms with Crippen LogP contribution < -0.4 is 0 Å². The molecule has 0 aromatic heterocycles. The van der Waals surface area contributed by atoms with Crippen molar-refractivity contribution in [2.75, 3.05) is 0 Å². The lowest BCUT2D eigenvalue weighted by Crippen LogP contribution is -2.57. The molecule has 1 fully saturated rings. The van der Waals surface area contributed by atoms with Crippen LogP contribution in [0.1, 0.15) is 53.9 Å². The van der Waals surface area contributed by atoms with Crippen LogP contribution in [0.25, 0.3) is 0 Å². The minimum atomic E-state index is -1.56. The summed E-state index contributed by atoms with van der Waals surface area (Å²) in [5.41, 5.74) is -3.50. The molecule has 0 aromatic rings. The number of ketones is 1. The number of allylic oxidation sites excluding steroid dienone is 1. The van der Waals surface area contributed by atoms with Gasteiger partial charge in [0.25, 0.3) is 0 Å². The fraction of sp³-hybridized carbons (Fsp3) is 0.733. The molecule has 2 rings (SSSR count). The number of aliphatic hydroxyl groups is 1. The van der Waals surface area contributed by atoms with Crippen LogP contribution in [0.5, 0.6) is 0 Å². The lowest BCUT2D eigenvalue weighted by Gasteiger charge is -2.36. The molecule has 5 heteroatoms. The summed E-state index contributed by atoms with van der Waals surface area (Å²) >= 11 is 0. The molecule has 112 valence electrons. The molecule has 0 bridgehead atoms. The summed E-state index contributed by atoms with van der Waals surface area (Å²) in [4.78, 5) is 24.3. The van der Waals surface area contributed by atoms with Crippen LogP contribution in [-0.2, 0) is 19.1 Å². The maximum Gasteiger partial charge on any atom is 0.354 e. The van der Waals surface area contributed by atoms with E-state index < -0.39 is 22.8 Å². The molecule has 2 unspecified atom stereocenters. The molecule has 1 saturated carbocycles. The number of ether oxygens (including phenoxy) is 2. The van der Waals surface area contributed by atoms with Gasteiger partial charge in [0.2, 0.25) is 5.60 Å². The highest BCUT2D eigenvalue weighted by atomic mass is 16.6.